The van der Waals surface area contributed by atoms with Crippen LogP contribution in [0.15, 0.2) is 49.2 Å². The summed E-state index contributed by atoms with van der Waals surface area (Å²) in [6.07, 6.45) is 9.98. The number of aromatic nitrogens is 5. The van der Waals surface area contributed by atoms with Crippen LogP contribution < -0.4 is 15.0 Å². The first-order valence-corrected chi connectivity index (χ1v) is 11.0. The normalized spacial score (nSPS) is 15.4. The Morgan fingerprint density at radius 3 is 2.82 bits per heavy atom. The van der Waals surface area contributed by atoms with Crippen molar-refractivity contribution in [2.45, 2.75) is 18.9 Å². The molecule has 4 aromatic rings. The number of nitrogens with one attached hydrogen (secondary N) is 1. The van der Waals surface area contributed by atoms with E-state index in [-0.39, 0.29) is 18.4 Å². The van der Waals surface area contributed by atoms with Gasteiger partial charge in [0.05, 0.1) is 37.2 Å². The third-order valence-electron chi connectivity index (χ3n) is 6.02. The lowest BCUT2D eigenvalue weighted by molar-refractivity contribution is -0.121. The van der Waals surface area contributed by atoms with Crippen LogP contribution in [0.1, 0.15) is 17.5 Å². The molecule has 0 radical (unpaired) electrons. The van der Waals surface area contributed by atoms with Crippen LogP contribution in [0.5, 0.6) is 5.88 Å². The van der Waals surface area contributed by atoms with E-state index in [9.17, 15) is 10.1 Å². The predicted molar refractivity (Wildman–Crippen MR) is 125 cm³/mol. The quantitative estimate of drug-likeness (QED) is 0.472. The van der Waals surface area contributed by atoms with Gasteiger partial charge < -0.3 is 15.0 Å². The predicted octanol–water partition coefficient (Wildman–Crippen LogP) is 1.95. The van der Waals surface area contributed by atoms with Crippen molar-refractivity contribution in [2.75, 3.05) is 25.1 Å². The highest BCUT2D eigenvalue weighted by Gasteiger charge is 2.27. The topological polar surface area (TPSA) is 113 Å². The minimum atomic E-state index is -0.0462. The maximum atomic E-state index is 12.6. The number of carbonyl (C=O) groups excluding carboxylic acids is 1. The van der Waals surface area contributed by atoms with E-state index in [4.69, 9.17) is 4.74 Å². The second kappa shape index (κ2) is 8.86. The smallest absolute Gasteiger partial charge is 0.224 e. The highest BCUT2D eigenvalue weighted by Crippen LogP contribution is 2.32. The van der Waals surface area contributed by atoms with Crippen molar-refractivity contribution in [2.24, 2.45) is 7.05 Å². The minimum Gasteiger partial charge on any atom is -0.481 e. The van der Waals surface area contributed by atoms with E-state index in [0.29, 0.717) is 18.0 Å². The third kappa shape index (κ3) is 4.15. The third-order valence-corrected chi connectivity index (χ3v) is 6.02. The molecule has 10 heteroatoms. The van der Waals surface area contributed by atoms with Gasteiger partial charge >= 0.3 is 0 Å². The van der Waals surface area contributed by atoms with E-state index in [2.05, 4.69) is 37.5 Å². The van der Waals surface area contributed by atoms with Crippen LogP contribution in [-0.2, 0) is 18.3 Å². The maximum absolute atomic E-state index is 12.6. The zero-order chi connectivity index (χ0) is 23.7. The first kappa shape index (κ1) is 21.5. The van der Waals surface area contributed by atoms with E-state index < -0.39 is 0 Å². The zero-order valence-electron chi connectivity index (χ0n) is 19.0. The van der Waals surface area contributed by atoms with Gasteiger partial charge in [-0.1, -0.05) is 6.07 Å². The van der Waals surface area contributed by atoms with Gasteiger partial charge in [-0.2, -0.15) is 15.5 Å². The Bertz CT molecular complexity index is 1380. The number of anilines is 1. The van der Waals surface area contributed by atoms with Crippen molar-refractivity contribution in [1.82, 2.24) is 29.7 Å². The largest absolute Gasteiger partial charge is 0.481 e. The maximum Gasteiger partial charge on any atom is 0.224 e. The summed E-state index contributed by atoms with van der Waals surface area (Å²) in [6.45, 7) is 1.41. The van der Waals surface area contributed by atoms with E-state index in [1.54, 1.807) is 41.0 Å². The van der Waals surface area contributed by atoms with Gasteiger partial charge in [0.25, 0.3) is 0 Å². The van der Waals surface area contributed by atoms with Gasteiger partial charge in [0, 0.05) is 62.0 Å². The number of nitrogens with zero attached hydrogens (tertiary/aromatic N) is 7. The fourth-order valence-electron chi connectivity index (χ4n) is 4.35. The standard InChI is InChI=1S/C24H24N8O2/c1-30-13-19(12-27-30)17-8-21(24-18(9-25)11-28-32(24)14-17)31-6-5-20(15-31)29-22(33)7-16-3-4-23(34-2)26-10-16/h3-4,8,10-14,20H,5-7,15H2,1-2H3,(H,29,33)/t20-/m1/s1. The average Bonchev–Trinajstić information content (AvgIpc) is 3.58. The number of carbonyl (C=O) groups is 1. The summed E-state index contributed by atoms with van der Waals surface area (Å²) in [4.78, 5) is 19.0. The number of rotatable bonds is 6. The molecule has 1 saturated heterocycles. The molecule has 1 amide bonds. The lowest BCUT2D eigenvalue weighted by Gasteiger charge is -2.21. The van der Waals surface area contributed by atoms with Crippen molar-refractivity contribution in [3.63, 3.8) is 0 Å². The summed E-state index contributed by atoms with van der Waals surface area (Å²) in [7, 11) is 3.44. The molecule has 5 rings (SSSR count). The number of hydrogen-bond donors (Lipinski definition) is 1. The molecule has 0 unspecified atom stereocenters. The van der Waals surface area contributed by atoms with Gasteiger partial charge in [0.1, 0.15) is 11.6 Å². The number of hydrogen-bond acceptors (Lipinski definition) is 7. The van der Waals surface area contributed by atoms with Gasteiger partial charge in [-0.15, -0.1) is 0 Å². The number of fused-ring (bicyclic) bond motifs is 1. The highest BCUT2D eigenvalue weighted by molar-refractivity contribution is 5.84. The van der Waals surface area contributed by atoms with Gasteiger partial charge in [-0.25, -0.2) is 9.50 Å². The molecule has 5 heterocycles. The Morgan fingerprint density at radius 1 is 1.24 bits per heavy atom. The van der Waals surface area contributed by atoms with Crippen LogP contribution in [-0.4, -0.2) is 56.5 Å². The monoisotopic (exact) mass is 456 g/mol. The van der Waals surface area contributed by atoms with E-state index in [1.165, 1.54) is 0 Å². The molecule has 0 aromatic carbocycles. The molecule has 4 aromatic heterocycles. The van der Waals surface area contributed by atoms with Crippen molar-refractivity contribution in [3.8, 4) is 23.1 Å². The Labute approximate surface area is 196 Å². The Morgan fingerprint density at radius 2 is 2.12 bits per heavy atom. The number of amides is 1. The van der Waals surface area contributed by atoms with Crippen molar-refractivity contribution in [3.05, 3.63) is 60.3 Å². The summed E-state index contributed by atoms with van der Waals surface area (Å²) in [6, 6.07) is 7.92. The molecule has 1 aliphatic rings. The van der Waals surface area contributed by atoms with Crippen LogP contribution in [0, 0.1) is 11.3 Å². The van der Waals surface area contributed by atoms with Crippen LogP contribution in [0.25, 0.3) is 16.6 Å². The second-order valence-corrected chi connectivity index (χ2v) is 8.36. The van der Waals surface area contributed by atoms with E-state index in [0.717, 1.165) is 40.9 Å². The van der Waals surface area contributed by atoms with Crippen molar-refractivity contribution < 1.29 is 9.53 Å². The fourth-order valence-corrected chi connectivity index (χ4v) is 4.35. The minimum absolute atomic E-state index is 0.00858. The summed E-state index contributed by atoms with van der Waals surface area (Å²) >= 11 is 0. The fraction of sp³-hybridized carbons (Fsp3) is 0.292. The summed E-state index contributed by atoms with van der Waals surface area (Å²) in [5.41, 5.74) is 4.97. The molecule has 0 saturated carbocycles. The lowest BCUT2D eigenvalue weighted by atomic mass is 10.1. The Balaban J connectivity index is 1.35. The van der Waals surface area contributed by atoms with Crippen LogP contribution in [0.4, 0.5) is 5.69 Å². The SMILES string of the molecule is COc1ccc(CC(=O)N[C@@H]2CCN(c3cc(-c4cnn(C)c4)cn4ncc(C#N)c34)C2)cn1. The lowest BCUT2D eigenvalue weighted by Crippen LogP contribution is -2.38. The number of pyridine rings is 2. The number of ether oxygens (including phenoxy) is 1. The van der Waals surface area contributed by atoms with Gasteiger partial charge in [0.2, 0.25) is 11.8 Å². The van der Waals surface area contributed by atoms with Gasteiger partial charge in [-0.3, -0.25) is 9.48 Å². The molecule has 34 heavy (non-hydrogen) atoms. The van der Waals surface area contributed by atoms with Gasteiger partial charge in [-0.05, 0) is 18.1 Å². The summed E-state index contributed by atoms with van der Waals surface area (Å²) in [5, 5.41) is 21.4. The first-order valence-electron chi connectivity index (χ1n) is 11.0. The molecule has 1 N–H and O–H groups in total. The second-order valence-electron chi connectivity index (χ2n) is 8.36. The average molecular weight is 457 g/mol. The summed E-state index contributed by atoms with van der Waals surface area (Å²) < 4.78 is 8.57. The van der Waals surface area contributed by atoms with Crippen LogP contribution in [0.2, 0.25) is 0 Å². The highest BCUT2D eigenvalue weighted by atomic mass is 16.5. The van der Waals surface area contributed by atoms with Gasteiger partial charge in [0.15, 0.2) is 0 Å². The van der Waals surface area contributed by atoms with Crippen molar-refractivity contribution in [1.29, 1.82) is 5.26 Å². The number of methoxy groups -OCH3 is 1. The van der Waals surface area contributed by atoms with Crippen LogP contribution in [0.3, 0.4) is 0 Å². The Hall–Kier alpha value is -4.39. The van der Waals surface area contributed by atoms with E-state index >= 15 is 0 Å². The summed E-state index contributed by atoms with van der Waals surface area (Å²) in [5.74, 6) is 0.474. The number of nitriles is 1. The molecular weight excluding hydrogens is 432 g/mol. The molecule has 1 fully saturated rings. The Kier molecular flexibility index (Phi) is 5.59. The molecular formula is C24H24N8O2. The first-order chi connectivity index (χ1) is 16.5. The molecule has 1 atom stereocenters. The molecule has 0 aliphatic carbocycles. The molecule has 172 valence electrons. The zero-order valence-corrected chi connectivity index (χ0v) is 19.0. The molecule has 0 bridgehead atoms. The van der Waals surface area contributed by atoms with E-state index in [1.807, 2.05) is 25.5 Å². The van der Waals surface area contributed by atoms with Crippen LogP contribution >= 0.6 is 0 Å². The number of aryl methyl sites for hydroxylation is 1. The van der Waals surface area contributed by atoms with Crippen molar-refractivity contribution >= 4 is 17.1 Å². The molecule has 0 spiro atoms. The molecule has 1 aliphatic heterocycles. The molecule has 10 nitrogen and oxygen atoms in total.